The summed E-state index contributed by atoms with van der Waals surface area (Å²) >= 11 is 2.04. The molecule has 3 rings (SSSR count). The monoisotopic (exact) mass is 330 g/mol. The lowest BCUT2D eigenvalue weighted by atomic mass is 9.93. The van der Waals surface area contributed by atoms with Crippen molar-refractivity contribution in [1.29, 1.82) is 0 Å². The molecule has 3 nitrogen and oxygen atoms in total. The summed E-state index contributed by atoms with van der Waals surface area (Å²) in [7, 11) is 0. The molecule has 1 saturated heterocycles. The minimum absolute atomic E-state index is 0.127. The van der Waals surface area contributed by atoms with Crippen molar-refractivity contribution in [3.05, 3.63) is 41.5 Å². The van der Waals surface area contributed by atoms with Gasteiger partial charge < -0.3 is 5.32 Å². The van der Waals surface area contributed by atoms with Gasteiger partial charge in [-0.3, -0.25) is 9.69 Å². The first kappa shape index (κ1) is 16.6. The number of carbonyl (C=O) groups is 1. The zero-order valence-electron chi connectivity index (χ0n) is 13.9. The Hall–Kier alpha value is -1.26. The van der Waals surface area contributed by atoms with Gasteiger partial charge in [0.1, 0.15) is 0 Å². The molecule has 1 heterocycles. The number of carbonyl (C=O) groups excluding carboxylic acids is 1. The first-order valence-electron chi connectivity index (χ1n) is 8.58. The maximum Gasteiger partial charge on any atom is 0.227 e. The van der Waals surface area contributed by atoms with Gasteiger partial charge in [-0.25, -0.2) is 0 Å². The molecule has 0 spiro atoms. The molecule has 1 atom stereocenters. The van der Waals surface area contributed by atoms with Gasteiger partial charge in [0.05, 0.1) is 0 Å². The standard InChI is InChI=1S/C19H26N2OS/c1-15-17(14-21-10-12-23-13-11-21)8-5-9-18(15)20-19(22)16-6-3-2-4-7-16/h2-3,5,8-9,16H,4,6-7,10-14H2,1H3,(H,20,22)/t16-/m1/s1. The van der Waals surface area contributed by atoms with Crippen LogP contribution in [0.25, 0.3) is 0 Å². The summed E-state index contributed by atoms with van der Waals surface area (Å²) < 4.78 is 0. The van der Waals surface area contributed by atoms with Crippen molar-refractivity contribution >= 4 is 23.4 Å². The summed E-state index contributed by atoms with van der Waals surface area (Å²) in [6.07, 6.45) is 7.16. The van der Waals surface area contributed by atoms with E-state index in [1.54, 1.807) is 0 Å². The number of benzene rings is 1. The molecule has 124 valence electrons. The lowest BCUT2D eigenvalue weighted by molar-refractivity contribution is -0.120. The quantitative estimate of drug-likeness (QED) is 0.851. The Morgan fingerprint density at radius 2 is 2.13 bits per heavy atom. The highest BCUT2D eigenvalue weighted by molar-refractivity contribution is 7.99. The summed E-state index contributed by atoms with van der Waals surface area (Å²) in [6, 6.07) is 6.29. The predicted octanol–water partition coefficient (Wildman–Crippen LogP) is 3.84. The van der Waals surface area contributed by atoms with E-state index < -0.39 is 0 Å². The molecule has 1 aliphatic carbocycles. The molecule has 4 heteroatoms. The van der Waals surface area contributed by atoms with Gasteiger partial charge in [0.15, 0.2) is 0 Å². The topological polar surface area (TPSA) is 32.3 Å². The predicted molar refractivity (Wildman–Crippen MR) is 98.9 cm³/mol. The first-order valence-corrected chi connectivity index (χ1v) is 9.74. The molecule has 1 aromatic carbocycles. The Bertz CT molecular complexity index is 579. The molecule has 0 aromatic heterocycles. The van der Waals surface area contributed by atoms with E-state index in [4.69, 9.17) is 0 Å². The Balaban J connectivity index is 1.66. The highest BCUT2D eigenvalue weighted by atomic mass is 32.2. The third-order valence-electron chi connectivity index (χ3n) is 4.84. The zero-order valence-corrected chi connectivity index (χ0v) is 14.7. The van der Waals surface area contributed by atoms with Crippen molar-refractivity contribution in [2.75, 3.05) is 29.9 Å². The summed E-state index contributed by atoms with van der Waals surface area (Å²) in [4.78, 5) is 15.0. The van der Waals surface area contributed by atoms with E-state index in [9.17, 15) is 4.79 Å². The maximum atomic E-state index is 12.5. The van der Waals surface area contributed by atoms with Gasteiger partial charge in [-0.2, -0.15) is 11.8 Å². The largest absolute Gasteiger partial charge is 0.326 e. The van der Waals surface area contributed by atoms with Gasteiger partial charge in [-0.15, -0.1) is 0 Å². The number of rotatable bonds is 4. The molecule has 1 aliphatic heterocycles. The Kier molecular flexibility index (Phi) is 5.79. The molecule has 0 radical (unpaired) electrons. The van der Waals surface area contributed by atoms with E-state index in [2.05, 4.69) is 41.4 Å². The van der Waals surface area contributed by atoms with Crippen LogP contribution >= 0.6 is 11.8 Å². The van der Waals surface area contributed by atoms with Crippen LogP contribution in [0.4, 0.5) is 5.69 Å². The number of anilines is 1. The third kappa shape index (κ3) is 4.39. The number of thioether (sulfide) groups is 1. The Morgan fingerprint density at radius 3 is 2.87 bits per heavy atom. The average Bonchev–Trinajstić information content (AvgIpc) is 2.60. The molecular weight excluding hydrogens is 304 g/mol. The van der Waals surface area contributed by atoms with E-state index in [1.807, 2.05) is 17.8 Å². The molecular formula is C19H26N2OS. The van der Waals surface area contributed by atoms with Crippen molar-refractivity contribution in [2.24, 2.45) is 5.92 Å². The van der Waals surface area contributed by atoms with Crippen molar-refractivity contribution in [1.82, 2.24) is 4.90 Å². The first-order chi connectivity index (χ1) is 11.2. The second-order valence-corrected chi connectivity index (χ2v) is 7.67. The van der Waals surface area contributed by atoms with Gasteiger partial charge in [0.25, 0.3) is 0 Å². The van der Waals surface area contributed by atoms with E-state index >= 15 is 0 Å². The molecule has 0 unspecified atom stereocenters. The van der Waals surface area contributed by atoms with Crippen molar-refractivity contribution in [2.45, 2.75) is 32.7 Å². The molecule has 2 aliphatic rings. The van der Waals surface area contributed by atoms with Crippen LogP contribution in [0, 0.1) is 12.8 Å². The third-order valence-corrected chi connectivity index (χ3v) is 5.78. The number of allylic oxidation sites excluding steroid dienone is 2. The highest BCUT2D eigenvalue weighted by Crippen LogP contribution is 2.24. The van der Waals surface area contributed by atoms with Crippen LogP contribution in [-0.4, -0.2) is 35.4 Å². The van der Waals surface area contributed by atoms with E-state index in [1.165, 1.54) is 22.6 Å². The molecule has 1 N–H and O–H groups in total. The lowest BCUT2D eigenvalue weighted by Gasteiger charge is -2.27. The smallest absolute Gasteiger partial charge is 0.227 e. The van der Waals surface area contributed by atoms with Crippen LogP contribution in [0.3, 0.4) is 0 Å². The van der Waals surface area contributed by atoms with Crippen LogP contribution in [0.15, 0.2) is 30.4 Å². The van der Waals surface area contributed by atoms with Crippen molar-refractivity contribution in [3.8, 4) is 0 Å². The maximum absolute atomic E-state index is 12.5. The number of hydrogen-bond acceptors (Lipinski definition) is 3. The van der Waals surface area contributed by atoms with Crippen LogP contribution in [0.1, 0.15) is 30.4 Å². The molecule has 1 aromatic rings. The Labute approximate surface area is 143 Å². The zero-order chi connectivity index (χ0) is 16.1. The molecule has 1 amide bonds. The van der Waals surface area contributed by atoms with Crippen molar-refractivity contribution in [3.63, 3.8) is 0 Å². The summed E-state index contributed by atoms with van der Waals surface area (Å²) in [6.45, 7) is 5.44. The SMILES string of the molecule is Cc1c(CN2CCSCC2)cccc1NC(=O)[C@@H]1CC=CCC1. The van der Waals surface area contributed by atoms with Crippen molar-refractivity contribution < 1.29 is 4.79 Å². The second kappa shape index (κ2) is 8.02. The van der Waals surface area contributed by atoms with Gasteiger partial charge in [0, 0.05) is 42.7 Å². The van der Waals surface area contributed by atoms with Gasteiger partial charge in [-0.05, 0) is 43.4 Å². The second-order valence-electron chi connectivity index (χ2n) is 6.45. The summed E-state index contributed by atoms with van der Waals surface area (Å²) in [5.74, 6) is 2.75. The van der Waals surface area contributed by atoms with Gasteiger partial charge in [-0.1, -0.05) is 24.3 Å². The molecule has 0 bridgehead atoms. The number of nitrogens with zero attached hydrogens (tertiary/aromatic N) is 1. The minimum atomic E-state index is 0.127. The summed E-state index contributed by atoms with van der Waals surface area (Å²) in [5.41, 5.74) is 3.53. The normalized spacial score (nSPS) is 22.0. The Morgan fingerprint density at radius 1 is 1.30 bits per heavy atom. The fraction of sp³-hybridized carbons (Fsp3) is 0.526. The van der Waals surface area contributed by atoms with Crippen LogP contribution in [-0.2, 0) is 11.3 Å². The summed E-state index contributed by atoms with van der Waals surface area (Å²) in [5, 5.41) is 3.16. The number of nitrogens with one attached hydrogen (secondary N) is 1. The average molecular weight is 330 g/mol. The number of hydrogen-bond donors (Lipinski definition) is 1. The van der Waals surface area contributed by atoms with Crippen LogP contribution in [0.2, 0.25) is 0 Å². The highest BCUT2D eigenvalue weighted by Gasteiger charge is 2.20. The molecule has 23 heavy (non-hydrogen) atoms. The van der Waals surface area contributed by atoms with Gasteiger partial charge in [0.2, 0.25) is 5.91 Å². The molecule has 1 fully saturated rings. The van der Waals surface area contributed by atoms with Gasteiger partial charge >= 0.3 is 0 Å². The fourth-order valence-corrected chi connectivity index (χ4v) is 4.24. The van der Waals surface area contributed by atoms with Crippen LogP contribution in [0.5, 0.6) is 0 Å². The lowest BCUT2D eigenvalue weighted by Crippen LogP contribution is -2.32. The number of amides is 1. The minimum Gasteiger partial charge on any atom is -0.326 e. The van der Waals surface area contributed by atoms with E-state index in [0.717, 1.165) is 44.6 Å². The van der Waals surface area contributed by atoms with E-state index in [0.29, 0.717) is 0 Å². The van der Waals surface area contributed by atoms with E-state index in [-0.39, 0.29) is 11.8 Å². The molecule has 0 saturated carbocycles. The van der Waals surface area contributed by atoms with Crippen LogP contribution < -0.4 is 5.32 Å². The fourth-order valence-electron chi connectivity index (χ4n) is 3.26.